The topological polar surface area (TPSA) is 42.3 Å². The molecule has 0 aliphatic carbocycles. The molecule has 0 spiro atoms. The molecule has 26 heavy (non-hydrogen) atoms. The van der Waals surface area contributed by atoms with Crippen molar-refractivity contribution in [2.24, 2.45) is 4.99 Å². The number of rotatable bonds is 4. The molecule has 3 nitrogen and oxygen atoms in total. The summed E-state index contributed by atoms with van der Waals surface area (Å²) in [4.78, 5) is 20.3. The summed E-state index contributed by atoms with van der Waals surface area (Å²) >= 11 is 1.64. The zero-order valence-corrected chi connectivity index (χ0v) is 14.6. The smallest absolute Gasteiger partial charge is 0.235 e. The van der Waals surface area contributed by atoms with Gasteiger partial charge in [0.25, 0.3) is 0 Å². The van der Waals surface area contributed by atoms with Crippen LogP contribution in [0.4, 0.5) is 5.69 Å². The summed E-state index contributed by atoms with van der Waals surface area (Å²) in [7, 11) is 0. The number of aromatic nitrogens is 1. The molecule has 4 rings (SSSR count). The molecule has 0 unspecified atom stereocenters. The van der Waals surface area contributed by atoms with E-state index in [0.29, 0.717) is 5.69 Å². The van der Waals surface area contributed by atoms with E-state index in [1.807, 2.05) is 54.6 Å². The van der Waals surface area contributed by atoms with Crippen molar-refractivity contribution in [3.05, 3.63) is 84.9 Å². The maximum absolute atomic E-state index is 10.5. The van der Waals surface area contributed by atoms with E-state index in [1.54, 1.807) is 23.5 Å². The van der Waals surface area contributed by atoms with Gasteiger partial charge < -0.3 is 0 Å². The van der Waals surface area contributed by atoms with Crippen LogP contribution < -0.4 is 0 Å². The maximum Gasteiger partial charge on any atom is 0.240 e. The molecule has 0 aliphatic heterocycles. The Bertz CT molecular complexity index is 1020. The first-order chi connectivity index (χ1) is 12.8. The Balaban J connectivity index is 1.89. The van der Waals surface area contributed by atoms with E-state index in [0.717, 1.165) is 32.3 Å². The third-order valence-corrected chi connectivity index (χ3v) is 5.13. The molecule has 0 radical (unpaired) electrons. The van der Waals surface area contributed by atoms with Gasteiger partial charge in [-0.05, 0) is 17.7 Å². The number of aliphatic imine (C=N–C) groups is 1. The van der Waals surface area contributed by atoms with Crippen LogP contribution in [-0.4, -0.2) is 11.1 Å². The fourth-order valence-electron chi connectivity index (χ4n) is 2.78. The quantitative estimate of drug-likeness (QED) is 0.328. The molecule has 0 atom stereocenters. The van der Waals surface area contributed by atoms with Gasteiger partial charge in [-0.2, -0.15) is 4.99 Å². The van der Waals surface area contributed by atoms with E-state index in [1.165, 1.54) is 0 Å². The lowest BCUT2D eigenvalue weighted by Gasteiger charge is -2.02. The summed E-state index contributed by atoms with van der Waals surface area (Å²) in [6.45, 7) is 0. The molecule has 0 saturated carbocycles. The van der Waals surface area contributed by atoms with Crippen molar-refractivity contribution in [1.82, 2.24) is 4.98 Å². The van der Waals surface area contributed by atoms with Gasteiger partial charge in [-0.1, -0.05) is 72.8 Å². The minimum atomic E-state index is 0.579. The van der Waals surface area contributed by atoms with E-state index >= 15 is 0 Å². The van der Waals surface area contributed by atoms with Crippen molar-refractivity contribution in [2.75, 3.05) is 0 Å². The summed E-state index contributed by atoms with van der Waals surface area (Å²) in [6, 6.07) is 27.9. The normalized spacial score (nSPS) is 10.3. The zero-order valence-electron chi connectivity index (χ0n) is 13.8. The molecule has 0 aliphatic rings. The van der Waals surface area contributed by atoms with Crippen LogP contribution in [0.2, 0.25) is 0 Å². The summed E-state index contributed by atoms with van der Waals surface area (Å²) in [5, 5.41) is 0.894. The standard InChI is InChI=1S/C22H14N2OS/c25-15-23-19-13-7-12-18(14-19)22-24-20(16-8-3-1-4-9-16)21(26-22)17-10-5-2-6-11-17/h1-14H. The molecule has 0 N–H and O–H groups in total. The number of hydrogen-bond acceptors (Lipinski definition) is 4. The van der Waals surface area contributed by atoms with Gasteiger partial charge in [-0.3, -0.25) is 0 Å². The molecular weight excluding hydrogens is 340 g/mol. The first kappa shape index (κ1) is 16.2. The Morgan fingerprint density at radius 3 is 2.12 bits per heavy atom. The van der Waals surface area contributed by atoms with Gasteiger partial charge in [0.1, 0.15) is 5.01 Å². The van der Waals surface area contributed by atoms with Crippen LogP contribution in [0.3, 0.4) is 0 Å². The van der Waals surface area contributed by atoms with Gasteiger partial charge in [0.15, 0.2) is 0 Å². The molecule has 0 saturated heterocycles. The van der Waals surface area contributed by atoms with E-state index in [-0.39, 0.29) is 0 Å². The molecule has 1 aromatic heterocycles. The first-order valence-corrected chi connectivity index (χ1v) is 8.97. The van der Waals surface area contributed by atoms with Crippen LogP contribution >= 0.6 is 11.3 Å². The summed E-state index contributed by atoms with van der Waals surface area (Å²) < 4.78 is 0. The first-order valence-electron chi connectivity index (χ1n) is 8.15. The zero-order chi connectivity index (χ0) is 17.8. The minimum Gasteiger partial charge on any atom is -0.235 e. The Morgan fingerprint density at radius 1 is 0.769 bits per heavy atom. The predicted octanol–water partition coefficient (Wildman–Crippen LogP) is 6.11. The van der Waals surface area contributed by atoms with Gasteiger partial charge in [-0.15, -0.1) is 11.3 Å². The van der Waals surface area contributed by atoms with Crippen LogP contribution in [-0.2, 0) is 4.79 Å². The fourth-order valence-corrected chi connectivity index (χ4v) is 3.87. The van der Waals surface area contributed by atoms with E-state index in [9.17, 15) is 4.79 Å². The Hall–Kier alpha value is -3.33. The average molecular weight is 354 g/mol. The monoisotopic (exact) mass is 354 g/mol. The van der Waals surface area contributed by atoms with Gasteiger partial charge in [0, 0.05) is 11.1 Å². The molecule has 3 aromatic carbocycles. The van der Waals surface area contributed by atoms with Crippen LogP contribution in [0.1, 0.15) is 0 Å². The van der Waals surface area contributed by atoms with Gasteiger partial charge >= 0.3 is 0 Å². The van der Waals surface area contributed by atoms with E-state index in [2.05, 4.69) is 29.3 Å². The fraction of sp³-hybridized carbons (Fsp3) is 0. The van der Waals surface area contributed by atoms with E-state index in [4.69, 9.17) is 4.98 Å². The number of carbonyl (C=O) groups excluding carboxylic acids is 1. The third kappa shape index (κ3) is 3.24. The summed E-state index contributed by atoms with van der Waals surface area (Å²) in [6.07, 6.45) is 1.59. The molecule has 4 heteroatoms. The molecular formula is C22H14N2OS. The van der Waals surface area contributed by atoms with Crippen molar-refractivity contribution in [3.63, 3.8) is 0 Å². The van der Waals surface area contributed by atoms with Crippen LogP contribution in [0.15, 0.2) is 89.9 Å². The van der Waals surface area contributed by atoms with Gasteiger partial charge in [0.05, 0.1) is 16.3 Å². The second-order valence-electron chi connectivity index (χ2n) is 5.68. The van der Waals surface area contributed by atoms with Crippen molar-refractivity contribution >= 4 is 23.1 Å². The number of nitrogens with zero attached hydrogens (tertiary/aromatic N) is 2. The van der Waals surface area contributed by atoms with Crippen LogP contribution in [0.5, 0.6) is 0 Å². The summed E-state index contributed by atoms with van der Waals surface area (Å²) in [5.74, 6) is 0. The molecule has 1 heterocycles. The van der Waals surface area contributed by atoms with Crippen molar-refractivity contribution in [2.45, 2.75) is 0 Å². The van der Waals surface area contributed by atoms with E-state index < -0.39 is 0 Å². The van der Waals surface area contributed by atoms with Crippen LogP contribution in [0.25, 0.3) is 32.3 Å². The maximum atomic E-state index is 10.5. The lowest BCUT2D eigenvalue weighted by molar-refractivity contribution is 0.565. The number of isocyanates is 1. The molecule has 0 fully saturated rings. The number of benzene rings is 3. The van der Waals surface area contributed by atoms with Crippen molar-refractivity contribution < 1.29 is 4.79 Å². The number of thiazole rings is 1. The molecule has 124 valence electrons. The Labute approximate surface area is 155 Å². The highest BCUT2D eigenvalue weighted by molar-refractivity contribution is 7.19. The van der Waals surface area contributed by atoms with Gasteiger partial charge in [0.2, 0.25) is 6.08 Å². The van der Waals surface area contributed by atoms with Crippen molar-refractivity contribution in [3.8, 4) is 32.3 Å². The second-order valence-corrected chi connectivity index (χ2v) is 6.68. The Kier molecular flexibility index (Phi) is 4.52. The van der Waals surface area contributed by atoms with Gasteiger partial charge in [-0.25, -0.2) is 9.78 Å². The Morgan fingerprint density at radius 2 is 1.42 bits per heavy atom. The highest BCUT2D eigenvalue weighted by Gasteiger charge is 2.16. The molecule has 4 aromatic rings. The number of hydrogen-bond donors (Lipinski definition) is 0. The molecule has 0 bridgehead atoms. The third-order valence-electron chi connectivity index (χ3n) is 3.98. The lowest BCUT2D eigenvalue weighted by Crippen LogP contribution is -1.82. The highest BCUT2D eigenvalue weighted by Crippen LogP contribution is 2.40. The lowest BCUT2D eigenvalue weighted by atomic mass is 10.1. The van der Waals surface area contributed by atoms with Crippen LogP contribution in [0, 0.1) is 0 Å². The highest BCUT2D eigenvalue weighted by atomic mass is 32.1. The largest absolute Gasteiger partial charge is 0.240 e. The van der Waals surface area contributed by atoms with Crippen molar-refractivity contribution in [1.29, 1.82) is 0 Å². The second kappa shape index (κ2) is 7.28. The predicted molar refractivity (Wildman–Crippen MR) is 106 cm³/mol. The SMILES string of the molecule is O=C=Nc1cccc(-c2nc(-c3ccccc3)c(-c3ccccc3)s2)c1. The summed E-state index contributed by atoms with van der Waals surface area (Å²) in [5.41, 5.74) is 4.69. The average Bonchev–Trinajstić information content (AvgIpc) is 3.15. The molecule has 0 amide bonds. The minimum absolute atomic E-state index is 0.579.